The molecule has 0 bridgehead atoms. The molecule has 1 aromatic heterocycles. The van der Waals surface area contributed by atoms with Gasteiger partial charge in [0.05, 0.1) is 25.5 Å². The minimum Gasteiger partial charge on any atom is -0.378 e. The number of benzene rings is 1. The number of ether oxygens (including phenoxy) is 1. The second kappa shape index (κ2) is 7.44. The van der Waals surface area contributed by atoms with E-state index in [9.17, 15) is 4.79 Å². The Balaban J connectivity index is 1.61. The van der Waals surface area contributed by atoms with E-state index in [4.69, 9.17) is 16.3 Å². The van der Waals surface area contributed by atoms with Crippen molar-refractivity contribution in [1.82, 2.24) is 10.3 Å². The molecule has 6 heteroatoms. The van der Waals surface area contributed by atoms with E-state index < -0.39 is 0 Å². The van der Waals surface area contributed by atoms with Gasteiger partial charge in [-0.3, -0.25) is 4.79 Å². The fraction of sp³-hybridized carbons (Fsp3) is 0.294. The molecule has 0 saturated carbocycles. The van der Waals surface area contributed by atoms with Crippen LogP contribution in [0.2, 0.25) is 5.02 Å². The Labute approximate surface area is 140 Å². The molecule has 0 atom stereocenters. The molecule has 0 radical (unpaired) electrons. The lowest BCUT2D eigenvalue weighted by atomic mass is 10.2. The molecule has 1 fully saturated rings. The van der Waals surface area contributed by atoms with Gasteiger partial charge in [-0.15, -0.1) is 0 Å². The maximum absolute atomic E-state index is 12.1. The van der Waals surface area contributed by atoms with Gasteiger partial charge in [0.2, 0.25) is 0 Å². The van der Waals surface area contributed by atoms with Gasteiger partial charge in [-0.2, -0.15) is 0 Å². The maximum Gasteiger partial charge on any atom is 0.251 e. The van der Waals surface area contributed by atoms with Gasteiger partial charge in [0.25, 0.3) is 5.91 Å². The number of carbonyl (C=O) groups is 1. The molecule has 2 aromatic rings. The highest BCUT2D eigenvalue weighted by Gasteiger charge is 2.13. The largest absolute Gasteiger partial charge is 0.378 e. The number of rotatable bonds is 4. The lowest BCUT2D eigenvalue weighted by Gasteiger charge is -2.28. The molecule has 1 saturated heterocycles. The number of carbonyl (C=O) groups excluding carboxylic acids is 1. The van der Waals surface area contributed by atoms with E-state index in [1.165, 1.54) is 0 Å². The van der Waals surface area contributed by atoms with Crippen molar-refractivity contribution >= 4 is 23.3 Å². The molecule has 0 unspecified atom stereocenters. The summed E-state index contributed by atoms with van der Waals surface area (Å²) in [5.41, 5.74) is 1.41. The molecule has 3 rings (SSSR count). The molecule has 1 amide bonds. The number of nitrogens with zero attached hydrogens (tertiary/aromatic N) is 2. The Hall–Kier alpha value is -2.11. The van der Waals surface area contributed by atoms with Crippen molar-refractivity contribution in [2.24, 2.45) is 0 Å². The van der Waals surface area contributed by atoms with Crippen LogP contribution >= 0.6 is 11.6 Å². The van der Waals surface area contributed by atoms with Gasteiger partial charge in [-0.1, -0.05) is 17.7 Å². The summed E-state index contributed by atoms with van der Waals surface area (Å²) in [7, 11) is 0. The Kier molecular flexibility index (Phi) is 5.10. The first-order chi connectivity index (χ1) is 11.2. The Morgan fingerprint density at radius 2 is 1.91 bits per heavy atom. The molecule has 120 valence electrons. The summed E-state index contributed by atoms with van der Waals surface area (Å²) in [6.45, 7) is 3.51. The molecular weight excluding hydrogens is 314 g/mol. The van der Waals surface area contributed by atoms with Crippen LogP contribution in [0.5, 0.6) is 0 Å². The van der Waals surface area contributed by atoms with Gasteiger partial charge in [0.1, 0.15) is 5.82 Å². The Bertz CT molecular complexity index is 670. The van der Waals surface area contributed by atoms with Crippen molar-refractivity contribution < 1.29 is 9.53 Å². The summed E-state index contributed by atoms with van der Waals surface area (Å²) in [4.78, 5) is 18.9. The second-order valence-electron chi connectivity index (χ2n) is 5.28. The van der Waals surface area contributed by atoms with Gasteiger partial charge in [-0.25, -0.2) is 4.98 Å². The smallest absolute Gasteiger partial charge is 0.251 e. The minimum atomic E-state index is -0.139. The molecule has 1 aliphatic heterocycles. The molecule has 1 N–H and O–H groups in total. The molecule has 0 aliphatic carbocycles. The average Bonchev–Trinajstić information content (AvgIpc) is 2.61. The van der Waals surface area contributed by atoms with Crippen LogP contribution in [0.25, 0.3) is 0 Å². The van der Waals surface area contributed by atoms with Crippen molar-refractivity contribution in [1.29, 1.82) is 0 Å². The van der Waals surface area contributed by atoms with Crippen LogP contribution in [0.3, 0.4) is 0 Å². The van der Waals surface area contributed by atoms with E-state index in [1.807, 2.05) is 18.2 Å². The van der Waals surface area contributed by atoms with Crippen LogP contribution in [0.4, 0.5) is 5.82 Å². The van der Waals surface area contributed by atoms with Gasteiger partial charge in [0, 0.05) is 23.7 Å². The third kappa shape index (κ3) is 4.21. The van der Waals surface area contributed by atoms with Gasteiger partial charge in [0.15, 0.2) is 0 Å². The summed E-state index contributed by atoms with van der Waals surface area (Å²) in [6.07, 6.45) is 0. The second-order valence-corrected chi connectivity index (χ2v) is 5.71. The molecular formula is C17H18ClN3O2. The lowest BCUT2D eigenvalue weighted by molar-refractivity contribution is 0.0950. The Morgan fingerprint density at radius 3 is 2.65 bits per heavy atom. The third-order valence-corrected chi connectivity index (χ3v) is 3.92. The van der Waals surface area contributed by atoms with Crippen LogP contribution in [-0.2, 0) is 11.3 Å². The highest BCUT2D eigenvalue weighted by Crippen LogP contribution is 2.13. The van der Waals surface area contributed by atoms with Crippen LogP contribution in [0.1, 0.15) is 16.1 Å². The zero-order valence-electron chi connectivity index (χ0n) is 12.7. The SMILES string of the molecule is O=C(NCc1cccc(N2CCOCC2)n1)c1ccc(Cl)cc1. The number of nitrogens with one attached hydrogen (secondary N) is 1. The number of anilines is 1. The molecule has 5 nitrogen and oxygen atoms in total. The normalized spacial score (nSPS) is 14.6. The van der Waals surface area contributed by atoms with Crippen molar-refractivity contribution in [3.63, 3.8) is 0 Å². The molecule has 1 aliphatic rings. The predicted molar refractivity (Wildman–Crippen MR) is 89.9 cm³/mol. The first-order valence-corrected chi connectivity index (χ1v) is 7.92. The van der Waals surface area contributed by atoms with E-state index in [2.05, 4.69) is 15.2 Å². The van der Waals surface area contributed by atoms with Gasteiger partial charge in [-0.05, 0) is 36.4 Å². The maximum atomic E-state index is 12.1. The predicted octanol–water partition coefficient (Wildman–Crippen LogP) is 2.50. The summed E-state index contributed by atoms with van der Waals surface area (Å²) in [5, 5.41) is 3.49. The molecule has 1 aromatic carbocycles. The molecule has 0 spiro atoms. The summed E-state index contributed by atoms with van der Waals surface area (Å²) >= 11 is 5.83. The number of aromatic nitrogens is 1. The fourth-order valence-electron chi connectivity index (χ4n) is 2.41. The lowest BCUT2D eigenvalue weighted by Crippen LogP contribution is -2.37. The van der Waals surface area contributed by atoms with E-state index in [-0.39, 0.29) is 5.91 Å². The highest BCUT2D eigenvalue weighted by atomic mass is 35.5. The number of hydrogen-bond donors (Lipinski definition) is 1. The number of halogens is 1. The summed E-state index contributed by atoms with van der Waals surface area (Å²) in [6, 6.07) is 12.7. The first kappa shape index (κ1) is 15.8. The van der Waals surface area contributed by atoms with E-state index >= 15 is 0 Å². The number of morpholine rings is 1. The Morgan fingerprint density at radius 1 is 1.17 bits per heavy atom. The summed E-state index contributed by atoms with van der Waals surface area (Å²) < 4.78 is 5.35. The number of hydrogen-bond acceptors (Lipinski definition) is 4. The third-order valence-electron chi connectivity index (χ3n) is 3.66. The monoisotopic (exact) mass is 331 g/mol. The molecule has 23 heavy (non-hydrogen) atoms. The standard InChI is InChI=1S/C17H18ClN3O2/c18-14-6-4-13(5-7-14)17(22)19-12-15-2-1-3-16(20-15)21-8-10-23-11-9-21/h1-7H,8-12H2,(H,19,22). The zero-order valence-corrected chi connectivity index (χ0v) is 13.4. The van der Waals surface area contributed by atoms with E-state index in [0.717, 1.165) is 37.8 Å². The van der Waals surface area contributed by atoms with Crippen LogP contribution in [-0.4, -0.2) is 37.2 Å². The van der Waals surface area contributed by atoms with Crippen LogP contribution in [0, 0.1) is 0 Å². The number of pyridine rings is 1. The van der Waals surface area contributed by atoms with Crippen LogP contribution in [0.15, 0.2) is 42.5 Å². The summed E-state index contributed by atoms with van der Waals surface area (Å²) in [5.74, 6) is 0.784. The van der Waals surface area contributed by atoms with Crippen molar-refractivity contribution in [2.45, 2.75) is 6.54 Å². The van der Waals surface area contributed by atoms with Crippen molar-refractivity contribution in [3.8, 4) is 0 Å². The number of amides is 1. The quantitative estimate of drug-likeness (QED) is 0.935. The first-order valence-electron chi connectivity index (χ1n) is 7.55. The van der Waals surface area contributed by atoms with E-state index in [0.29, 0.717) is 17.1 Å². The topological polar surface area (TPSA) is 54.5 Å². The fourth-order valence-corrected chi connectivity index (χ4v) is 2.53. The zero-order chi connectivity index (χ0) is 16.1. The molecule has 2 heterocycles. The average molecular weight is 332 g/mol. The van der Waals surface area contributed by atoms with Gasteiger partial charge >= 0.3 is 0 Å². The van der Waals surface area contributed by atoms with Crippen LogP contribution < -0.4 is 10.2 Å². The van der Waals surface area contributed by atoms with Crippen molar-refractivity contribution in [2.75, 3.05) is 31.2 Å². The van der Waals surface area contributed by atoms with E-state index in [1.54, 1.807) is 24.3 Å². The van der Waals surface area contributed by atoms with Crippen molar-refractivity contribution in [3.05, 3.63) is 58.7 Å². The minimum absolute atomic E-state index is 0.139. The highest BCUT2D eigenvalue weighted by molar-refractivity contribution is 6.30. The van der Waals surface area contributed by atoms with Gasteiger partial charge < -0.3 is 15.0 Å².